The van der Waals surface area contributed by atoms with E-state index in [-0.39, 0.29) is 23.7 Å². The minimum absolute atomic E-state index is 0.0433. The second kappa shape index (κ2) is 18.0. The van der Waals surface area contributed by atoms with Crippen molar-refractivity contribution in [3.8, 4) is 0 Å². The van der Waals surface area contributed by atoms with Crippen molar-refractivity contribution in [1.82, 2.24) is 4.90 Å². The third-order valence-electron chi connectivity index (χ3n) is 5.51. The fraction of sp³-hybridized carbons (Fsp3) is 0.833. The molecule has 1 atom stereocenters. The van der Waals surface area contributed by atoms with E-state index in [1.54, 1.807) is 0 Å². The molecule has 1 aliphatic heterocycles. The first kappa shape index (κ1) is 26.2. The summed E-state index contributed by atoms with van der Waals surface area (Å²) in [5, 5.41) is 8.60. The van der Waals surface area contributed by atoms with Gasteiger partial charge in [0.15, 0.2) is 0 Å². The summed E-state index contributed by atoms with van der Waals surface area (Å²) in [6.45, 7) is 2.88. The summed E-state index contributed by atoms with van der Waals surface area (Å²) in [4.78, 5) is 25.6. The van der Waals surface area contributed by atoms with Crippen molar-refractivity contribution >= 4 is 23.6 Å². The zero-order valence-corrected chi connectivity index (χ0v) is 19.4. The standard InChI is InChI=1S/C24H43NO3S/c1-2-3-4-5-6-7-8-9-10-11-12-13-14-15-16-17-18-25-23(27)21-22(24(25)28)29-20-19-26/h9-10,22,26H,2-8,11-21H2,1H3. The molecular formula is C24H43NO3S. The molecule has 29 heavy (non-hydrogen) atoms. The highest BCUT2D eigenvalue weighted by Crippen LogP contribution is 2.25. The molecule has 1 aliphatic rings. The Bertz CT molecular complexity index is 467. The lowest BCUT2D eigenvalue weighted by molar-refractivity contribution is -0.138. The Kier molecular flexibility index (Phi) is 16.3. The molecule has 5 heteroatoms. The molecule has 2 amide bonds. The molecular weight excluding hydrogens is 382 g/mol. The Morgan fingerprint density at radius 3 is 2.03 bits per heavy atom. The number of imide groups is 1. The van der Waals surface area contributed by atoms with E-state index in [2.05, 4.69) is 19.1 Å². The Balaban J connectivity index is 1.90. The number of hydrogen-bond donors (Lipinski definition) is 1. The maximum absolute atomic E-state index is 12.2. The molecule has 0 aromatic heterocycles. The molecule has 1 saturated heterocycles. The molecule has 1 fully saturated rings. The van der Waals surface area contributed by atoms with E-state index in [0.717, 1.165) is 12.8 Å². The molecule has 1 heterocycles. The van der Waals surface area contributed by atoms with Crippen LogP contribution in [-0.2, 0) is 9.59 Å². The zero-order valence-electron chi connectivity index (χ0n) is 18.6. The van der Waals surface area contributed by atoms with E-state index in [0.29, 0.717) is 18.7 Å². The number of carbonyl (C=O) groups is 2. The number of unbranched alkanes of at least 4 members (excludes halogenated alkanes) is 12. The summed E-state index contributed by atoms with van der Waals surface area (Å²) in [7, 11) is 0. The second-order valence-electron chi connectivity index (χ2n) is 8.11. The average Bonchev–Trinajstić information content (AvgIpc) is 2.99. The van der Waals surface area contributed by atoms with Gasteiger partial charge >= 0.3 is 0 Å². The molecule has 4 nitrogen and oxygen atoms in total. The van der Waals surface area contributed by atoms with Gasteiger partial charge in [0.1, 0.15) is 0 Å². The predicted molar refractivity (Wildman–Crippen MR) is 124 cm³/mol. The van der Waals surface area contributed by atoms with E-state index in [4.69, 9.17) is 5.11 Å². The van der Waals surface area contributed by atoms with Crippen molar-refractivity contribution in [3.63, 3.8) is 0 Å². The minimum Gasteiger partial charge on any atom is -0.396 e. The maximum atomic E-state index is 12.2. The van der Waals surface area contributed by atoms with Gasteiger partial charge in [-0.2, -0.15) is 0 Å². The SMILES string of the molecule is CCCCCCCCC=CCCCCCCCCN1C(=O)CC(SCCO)C1=O. The second-order valence-corrected chi connectivity index (χ2v) is 9.42. The van der Waals surface area contributed by atoms with Crippen molar-refractivity contribution in [2.45, 2.75) is 108 Å². The highest BCUT2D eigenvalue weighted by atomic mass is 32.2. The molecule has 168 valence electrons. The van der Waals surface area contributed by atoms with Crippen LogP contribution in [0.25, 0.3) is 0 Å². The van der Waals surface area contributed by atoms with Crippen LogP contribution in [-0.4, -0.2) is 46.0 Å². The van der Waals surface area contributed by atoms with Gasteiger partial charge in [-0.05, 0) is 32.1 Å². The molecule has 0 aliphatic carbocycles. The highest BCUT2D eigenvalue weighted by Gasteiger charge is 2.37. The van der Waals surface area contributed by atoms with Crippen LogP contribution >= 0.6 is 11.8 Å². The molecule has 0 aromatic carbocycles. The van der Waals surface area contributed by atoms with Crippen LogP contribution in [0.3, 0.4) is 0 Å². The lowest BCUT2D eigenvalue weighted by Gasteiger charge is -2.14. The summed E-state index contributed by atoms with van der Waals surface area (Å²) in [6.07, 6.45) is 22.6. The largest absolute Gasteiger partial charge is 0.396 e. The number of carbonyl (C=O) groups excluding carboxylic acids is 2. The van der Waals surface area contributed by atoms with E-state index in [9.17, 15) is 9.59 Å². The van der Waals surface area contributed by atoms with Gasteiger partial charge in [0.05, 0.1) is 11.9 Å². The number of thioether (sulfide) groups is 1. The number of allylic oxidation sites excluding steroid dienone is 2. The summed E-state index contributed by atoms with van der Waals surface area (Å²) in [5.41, 5.74) is 0. The molecule has 0 radical (unpaired) electrons. The van der Waals surface area contributed by atoms with Gasteiger partial charge in [-0.15, -0.1) is 11.8 Å². The normalized spacial score (nSPS) is 17.2. The molecule has 1 rings (SSSR count). The average molecular weight is 426 g/mol. The number of rotatable bonds is 19. The van der Waals surface area contributed by atoms with Crippen LogP contribution in [0.15, 0.2) is 12.2 Å². The Morgan fingerprint density at radius 2 is 1.45 bits per heavy atom. The smallest absolute Gasteiger partial charge is 0.242 e. The molecule has 1 unspecified atom stereocenters. The Hall–Kier alpha value is -0.810. The van der Waals surface area contributed by atoms with Crippen LogP contribution in [0, 0.1) is 0 Å². The van der Waals surface area contributed by atoms with Gasteiger partial charge in [-0.3, -0.25) is 14.5 Å². The quantitative estimate of drug-likeness (QED) is 0.160. The van der Waals surface area contributed by atoms with Gasteiger partial charge in [0.25, 0.3) is 0 Å². The van der Waals surface area contributed by atoms with Crippen LogP contribution in [0.4, 0.5) is 0 Å². The molecule has 0 saturated carbocycles. The predicted octanol–water partition coefficient (Wildman–Crippen LogP) is 5.88. The fourth-order valence-electron chi connectivity index (χ4n) is 3.73. The lowest BCUT2D eigenvalue weighted by atomic mass is 10.1. The van der Waals surface area contributed by atoms with Crippen molar-refractivity contribution < 1.29 is 14.7 Å². The van der Waals surface area contributed by atoms with E-state index in [1.807, 2.05) is 0 Å². The van der Waals surface area contributed by atoms with E-state index < -0.39 is 0 Å². The third-order valence-corrected chi connectivity index (χ3v) is 6.70. The van der Waals surface area contributed by atoms with E-state index >= 15 is 0 Å². The first-order chi connectivity index (χ1) is 14.2. The maximum Gasteiger partial charge on any atom is 0.242 e. The number of nitrogens with zero attached hydrogens (tertiary/aromatic N) is 1. The minimum atomic E-state index is -0.274. The van der Waals surface area contributed by atoms with Gasteiger partial charge < -0.3 is 5.11 Å². The van der Waals surface area contributed by atoms with Gasteiger partial charge in [-0.25, -0.2) is 0 Å². The van der Waals surface area contributed by atoms with Gasteiger partial charge in [-0.1, -0.05) is 76.9 Å². The highest BCUT2D eigenvalue weighted by molar-refractivity contribution is 8.00. The molecule has 0 aromatic rings. The zero-order chi connectivity index (χ0) is 21.2. The van der Waals surface area contributed by atoms with Crippen LogP contribution in [0.5, 0.6) is 0 Å². The van der Waals surface area contributed by atoms with Crippen molar-refractivity contribution in [1.29, 1.82) is 0 Å². The van der Waals surface area contributed by atoms with Crippen molar-refractivity contribution in [3.05, 3.63) is 12.2 Å². The number of hydrogen-bond acceptors (Lipinski definition) is 4. The van der Waals surface area contributed by atoms with Gasteiger partial charge in [0.2, 0.25) is 11.8 Å². The number of aliphatic hydroxyl groups excluding tert-OH is 1. The Morgan fingerprint density at radius 1 is 0.897 bits per heavy atom. The number of likely N-dealkylation sites (tertiary alicyclic amines) is 1. The summed E-state index contributed by atoms with van der Waals surface area (Å²) < 4.78 is 0. The summed E-state index contributed by atoms with van der Waals surface area (Å²) >= 11 is 1.40. The van der Waals surface area contributed by atoms with Crippen LogP contribution in [0.2, 0.25) is 0 Å². The monoisotopic (exact) mass is 425 g/mol. The molecule has 0 spiro atoms. The van der Waals surface area contributed by atoms with Crippen molar-refractivity contribution in [2.75, 3.05) is 18.9 Å². The van der Waals surface area contributed by atoms with Crippen molar-refractivity contribution in [2.24, 2.45) is 0 Å². The summed E-state index contributed by atoms with van der Waals surface area (Å²) in [6, 6.07) is 0. The van der Waals surface area contributed by atoms with Crippen LogP contribution < -0.4 is 0 Å². The lowest BCUT2D eigenvalue weighted by Crippen LogP contribution is -2.32. The number of aliphatic hydroxyl groups is 1. The third kappa shape index (κ3) is 12.5. The van der Waals surface area contributed by atoms with Crippen LogP contribution in [0.1, 0.15) is 103 Å². The fourth-order valence-corrected chi connectivity index (χ4v) is 4.65. The molecule has 1 N–H and O–H groups in total. The topological polar surface area (TPSA) is 57.6 Å². The first-order valence-electron chi connectivity index (χ1n) is 11.9. The van der Waals surface area contributed by atoms with E-state index in [1.165, 1.54) is 93.7 Å². The number of amides is 2. The first-order valence-corrected chi connectivity index (χ1v) is 13.0. The van der Waals surface area contributed by atoms with Gasteiger partial charge in [0, 0.05) is 18.7 Å². The Labute approximate surface area is 182 Å². The summed E-state index contributed by atoms with van der Waals surface area (Å²) in [5.74, 6) is 0.422. The molecule has 0 bridgehead atoms.